The second kappa shape index (κ2) is 6.02. The average Bonchev–Trinajstić information content (AvgIpc) is 2.34. The van der Waals surface area contributed by atoms with E-state index < -0.39 is 28.2 Å². The van der Waals surface area contributed by atoms with Gasteiger partial charge >= 0.3 is 12.1 Å². The first kappa shape index (κ1) is 15.4. The molecule has 1 rings (SSSR count). The van der Waals surface area contributed by atoms with Gasteiger partial charge in [-0.2, -0.15) is 13.2 Å². The largest absolute Gasteiger partial charge is 0.471 e. The predicted octanol–water partition coefficient (Wildman–Crippen LogP) is 0.434. The van der Waals surface area contributed by atoms with Crippen LogP contribution in [0.3, 0.4) is 0 Å². The van der Waals surface area contributed by atoms with Crippen LogP contribution in [0.5, 0.6) is 0 Å². The van der Waals surface area contributed by atoms with Crippen molar-refractivity contribution in [3.05, 3.63) is 35.4 Å². The molecule has 0 aliphatic heterocycles. The Morgan fingerprint density at radius 3 is 2.21 bits per heavy atom. The molecule has 19 heavy (non-hydrogen) atoms. The van der Waals surface area contributed by atoms with Gasteiger partial charge in [0.2, 0.25) is 0 Å². The SMILES string of the molecule is NC(c1ccc(CNC(=O)C(F)(F)F)cc1)[SH](=O)=O. The topological polar surface area (TPSA) is 89.3 Å². The molecule has 0 aromatic heterocycles. The molecule has 5 nitrogen and oxygen atoms in total. The molecule has 1 aromatic carbocycles. The van der Waals surface area contributed by atoms with Gasteiger partial charge in [0.25, 0.3) is 0 Å². The Morgan fingerprint density at radius 2 is 1.79 bits per heavy atom. The third-order valence-electron chi connectivity index (χ3n) is 2.26. The van der Waals surface area contributed by atoms with E-state index in [4.69, 9.17) is 5.73 Å². The van der Waals surface area contributed by atoms with Gasteiger partial charge in [-0.1, -0.05) is 24.3 Å². The fraction of sp³-hybridized carbons (Fsp3) is 0.300. The molecule has 0 aliphatic rings. The number of amides is 1. The van der Waals surface area contributed by atoms with Gasteiger partial charge in [0, 0.05) is 6.54 Å². The lowest BCUT2D eigenvalue weighted by atomic mass is 10.1. The third-order valence-corrected chi connectivity index (χ3v) is 3.01. The van der Waals surface area contributed by atoms with Gasteiger partial charge in [-0.15, -0.1) is 0 Å². The Bertz CT molecular complexity index is 518. The summed E-state index contributed by atoms with van der Waals surface area (Å²) in [6.45, 7) is -0.308. The molecule has 3 N–H and O–H groups in total. The lowest BCUT2D eigenvalue weighted by Crippen LogP contribution is -2.36. The van der Waals surface area contributed by atoms with Crippen LogP contribution in [0.1, 0.15) is 16.5 Å². The molecule has 1 amide bonds. The summed E-state index contributed by atoms with van der Waals surface area (Å²) < 4.78 is 57.0. The molecule has 0 heterocycles. The molecule has 0 radical (unpaired) electrons. The van der Waals surface area contributed by atoms with Crippen LogP contribution in [0.4, 0.5) is 13.2 Å². The zero-order valence-electron chi connectivity index (χ0n) is 9.48. The molecule has 0 saturated carbocycles. The number of benzene rings is 1. The maximum Gasteiger partial charge on any atom is 0.471 e. The summed E-state index contributed by atoms with van der Waals surface area (Å²) in [5.74, 6) is -2.03. The second-order valence-electron chi connectivity index (χ2n) is 3.65. The highest BCUT2D eigenvalue weighted by Gasteiger charge is 2.38. The van der Waals surface area contributed by atoms with Crippen LogP contribution in [-0.2, 0) is 22.0 Å². The highest BCUT2D eigenvalue weighted by atomic mass is 32.2. The monoisotopic (exact) mass is 296 g/mol. The number of rotatable bonds is 4. The van der Waals surface area contributed by atoms with E-state index in [1.54, 1.807) is 5.32 Å². The number of thiol groups is 1. The molecule has 9 heteroatoms. The zero-order chi connectivity index (χ0) is 14.6. The fourth-order valence-corrected chi connectivity index (χ4v) is 1.65. The number of halogens is 3. The van der Waals surface area contributed by atoms with E-state index >= 15 is 0 Å². The lowest BCUT2D eigenvalue weighted by Gasteiger charge is -2.09. The summed E-state index contributed by atoms with van der Waals surface area (Å²) in [5.41, 5.74) is 6.07. The smallest absolute Gasteiger partial charge is 0.344 e. The molecular weight excluding hydrogens is 285 g/mol. The van der Waals surface area contributed by atoms with E-state index in [1.165, 1.54) is 24.3 Å². The summed E-state index contributed by atoms with van der Waals surface area (Å²) in [4.78, 5) is 10.6. The van der Waals surface area contributed by atoms with Crippen LogP contribution in [-0.4, -0.2) is 20.5 Å². The predicted molar refractivity (Wildman–Crippen MR) is 61.6 cm³/mol. The number of carbonyl (C=O) groups excluding carboxylic acids is 1. The van der Waals surface area contributed by atoms with Gasteiger partial charge in [-0.05, 0) is 11.1 Å². The van der Waals surface area contributed by atoms with Crippen LogP contribution in [0.2, 0.25) is 0 Å². The summed E-state index contributed by atoms with van der Waals surface area (Å²) in [7, 11) is -2.82. The van der Waals surface area contributed by atoms with E-state index in [2.05, 4.69) is 0 Å². The summed E-state index contributed by atoms with van der Waals surface area (Å²) in [6, 6.07) is 5.55. The van der Waals surface area contributed by atoms with Crippen molar-refractivity contribution < 1.29 is 26.4 Å². The molecule has 1 unspecified atom stereocenters. The van der Waals surface area contributed by atoms with Crippen LogP contribution in [0.25, 0.3) is 0 Å². The first-order chi connectivity index (χ1) is 8.71. The maximum absolute atomic E-state index is 11.9. The highest BCUT2D eigenvalue weighted by Crippen LogP contribution is 2.15. The number of nitrogens with two attached hydrogens (primary N) is 1. The maximum atomic E-state index is 11.9. The lowest BCUT2D eigenvalue weighted by molar-refractivity contribution is -0.173. The Hall–Kier alpha value is -1.61. The molecule has 0 aliphatic carbocycles. The Kier molecular flexibility index (Phi) is 4.90. The Morgan fingerprint density at radius 1 is 1.26 bits per heavy atom. The second-order valence-corrected chi connectivity index (χ2v) is 4.78. The van der Waals surface area contributed by atoms with E-state index in [9.17, 15) is 26.4 Å². The number of alkyl halides is 3. The van der Waals surface area contributed by atoms with Gasteiger partial charge in [0.15, 0.2) is 10.7 Å². The minimum absolute atomic E-state index is 0.308. The summed E-state index contributed by atoms with van der Waals surface area (Å²) in [5, 5.41) is 0.537. The third kappa shape index (κ3) is 4.52. The van der Waals surface area contributed by atoms with Crippen molar-refractivity contribution in [2.45, 2.75) is 18.1 Å². The van der Waals surface area contributed by atoms with Crippen molar-refractivity contribution in [2.24, 2.45) is 5.73 Å². The van der Waals surface area contributed by atoms with Gasteiger partial charge < -0.3 is 11.1 Å². The van der Waals surface area contributed by atoms with Crippen LogP contribution >= 0.6 is 0 Å². The van der Waals surface area contributed by atoms with E-state index in [1.807, 2.05) is 0 Å². The summed E-state index contributed by atoms with van der Waals surface area (Å²) >= 11 is 0. The van der Waals surface area contributed by atoms with E-state index in [-0.39, 0.29) is 6.54 Å². The van der Waals surface area contributed by atoms with Gasteiger partial charge in [-0.3, -0.25) is 4.79 Å². The first-order valence-corrected chi connectivity index (χ1v) is 6.29. The average molecular weight is 296 g/mol. The van der Waals surface area contributed by atoms with Crippen LogP contribution in [0, 0.1) is 0 Å². The van der Waals surface area contributed by atoms with Crippen molar-refractivity contribution in [1.29, 1.82) is 0 Å². The van der Waals surface area contributed by atoms with Crippen molar-refractivity contribution in [1.82, 2.24) is 5.32 Å². The molecule has 1 aromatic rings. The van der Waals surface area contributed by atoms with Gasteiger partial charge in [-0.25, -0.2) is 8.42 Å². The number of hydrogen-bond donors (Lipinski definition) is 3. The van der Waals surface area contributed by atoms with Crippen molar-refractivity contribution >= 4 is 16.6 Å². The van der Waals surface area contributed by atoms with Gasteiger partial charge in [0.1, 0.15) is 5.37 Å². The number of hydrogen-bond acceptors (Lipinski definition) is 4. The molecule has 106 valence electrons. The highest BCUT2D eigenvalue weighted by molar-refractivity contribution is 7.72. The normalized spacial score (nSPS) is 13.3. The van der Waals surface area contributed by atoms with Crippen molar-refractivity contribution in [3.63, 3.8) is 0 Å². The quantitative estimate of drug-likeness (QED) is 0.703. The molecule has 0 saturated heterocycles. The van der Waals surface area contributed by atoms with Crippen molar-refractivity contribution in [2.75, 3.05) is 0 Å². The van der Waals surface area contributed by atoms with E-state index in [0.717, 1.165) is 0 Å². The minimum Gasteiger partial charge on any atom is -0.344 e. The summed E-state index contributed by atoms with van der Waals surface area (Å²) in [6.07, 6.45) is -4.93. The van der Waals surface area contributed by atoms with Crippen LogP contribution < -0.4 is 11.1 Å². The van der Waals surface area contributed by atoms with Gasteiger partial charge in [0.05, 0.1) is 0 Å². The molecule has 1 atom stereocenters. The number of carbonyl (C=O) groups is 1. The standard InChI is InChI=1S/C10H11F3N2O3S/c11-10(12,13)9(16)15-5-6-1-3-7(4-2-6)8(14)19(17)18/h1-4,8,19H,5,14H2,(H,15,16). The first-order valence-electron chi connectivity index (χ1n) is 5.04. The Balaban J connectivity index is 2.66. The zero-order valence-corrected chi connectivity index (χ0v) is 10.4. The van der Waals surface area contributed by atoms with Crippen molar-refractivity contribution in [3.8, 4) is 0 Å². The molecular formula is C10H11F3N2O3S. The van der Waals surface area contributed by atoms with E-state index in [0.29, 0.717) is 11.1 Å². The van der Waals surface area contributed by atoms with Crippen LogP contribution in [0.15, 0.2) is 24.3 Å². The number of nitrogens with one attached hydrogen (secondary N) is 1. The molecule has 0 fully saturated rings. The Labute approximate surface area is 108 Å². The fourth-order valence-electron chi connectivity index (χ4n) is 1.24. The molecule has 0 bridgehead atoms. The minimum atomic E-state index is -4.93. The molecule has 0 spiro atoms.